The molecule has 0 aliphatic carbocycles. The van der Waals surface area contributed by atoms with Gasteiger partial charge in [-0.1, -0.05) is 18.6 Å². The molecule has 4 rings (SSSR count). The largest absolute Gasteiger partial charge is 0.326 e. The fourth-order valence-corrected chi connectivity index (χ4v) is 5.65. The minimum absolute atomic E-state index is 0.149. The van der Waals surface area contributed by atoms with Gasteiger partial charge >= 0.3 is 0 Å². The first-order valence-electron chi connectivity index (χ1n) is 9.91. The first-order valence-corrected chi connectivity index (χ1v) is 12.2. The lowest BCUT2D eigenvalue weighted by Crippen LogP contribution is -2.35. The second-order valence-electron chi connectivity index (χ2n) is 7.25. The summed E-state index contributed by atoms with van der Waals surface area (Å²) in [7, 11) is -3.45. The Bertz CT molecular complexity index is 1090. The summed E-state index contributed by atoms with van der Waals surface area (Å²) in [6, 6.07) is 14.2. The van der Waals surface area contributed by atoms with Crippen LogP contribution in [0.15, 0.2) is 65.0 Å². The standard InChI is InChI=1S/C22H23N3O3S2/c26-21(24-19-8-6-18(7-9-19)22-23-12-15-29-22)16-17-4-10-20(11-5-17)30(27,28)25-13-2-1-3-14-25/h4-12,15H,1-3,13-14,16H2,(H,24,26). The summed E-state index contributed by atoms with van der Waals surface area (Å²) in [6.07, 6.45) is 4.83. The van der Waals surface area contributed by atoms with Crippen molar-refractivity contribution in [2.24, 2.45) is 0 Å². The minimum Gasteiger partial charge on any atom is -0.326 e. The van der Waals surface area contributed by atoms with Crippen molar-refractivity contribution in [2.75, 3.05) is 18.4 Å². The summed E-state index contributed by atoms with van der Waals surface area (Å²) >= 11 is 1.57. The topological polar surface area (TPSA) is 79.4 Å². The fraction of sp³-hybridized carbons (Fsp3) is 0.273. The van der Waals surface area contributed by atoms with E-state index in [-0.39, 0.29) is 17.2 Å². The van der Waals surface area contributed by atoms with Gasteiger partial charge in [0, 0.05) is 35.9 Å². The zero-order valence-corrected chi connectivity index (χ0v) is 18.1. The van der Waals surface area contributed by atoms with E-state index >= 15 is 0 Å². The molecule has 0 spiro atoms. The van der Waals surface area contributed by atoms with Crippen molar-refractivity contribution in [2.45, 2.75) is 30.6 Å². The van der Waals surface area contributed by atoms with Crippen LogP contribution in [0.2, 0.25) is 0 Å². The molecule has 1 aromatic heterocycles. The number of anilines is 1. The molecule has 8 heteroatoms. The second kappa shape index (κ2) is 9.07. The Morgan fingerprint density at radius 1 is 1.00 bits per heavy atom. The number of carbonyl (C=O) groups excluding carboxylic acids is 1. The predicted octanol–water partition coefficient (Wildman–Crippen LogP) is 4.17. The molecule has 2 heterocycles. The number of rotatable bonds is 6. The van der Waals surface area contributed by atoms with E-state index in [2.05, 4.69) is 10.3 Å². The molecule has 1 aliphatic rings. The van der Waals surface area contributed by atoms with Crippen LogP contribution in [0.4, 0.5) is 5.69 Å². The third kappa shape index (κ3) is 4.77. The number of amides is 1. The van der Waals surface area contributed by atoms with Gasteiger partial charge in [-0.25, -0.2) is 13.4 Å². The lowest BCUT2D eigenvalue weighted by atomic mass is 10.1. The van der Waals surface area contributed by atoms with Crippen LogP contribution in [0.5, 0.6) is 0 Å². The van der Waals surface area contributed by atoms with E-state index in [0.29, 0.717) is 18.8 Å². The third-order valence-corrected chi connectivity index (χ3v) is 7.82. The molecular formula is C22H23N3O3S2. The van der Waals surface area contributed by atoms with Gasteiger partial charge in [-0.2, -0.15) is 4.31 Å². The Morgan fingerprint density at radius 2 is 1.70 bits per heavy atom. The Labute approximate surface area is 180 Å². The number of nitrogens with one attached hydrogen (secondary N) is 1. The van der Waals surface area contributed by atoms with E-state index in [1.54, 1.807) is 46.1 Å². The molecule has 0 unspecified atom stereocenters. The van der Waals surface area contributed by atoms with Gasteiger partial charge in [0.25, 0.3) is 0 Å². The average Bonchev–Trinajstić information content (AvgIpc) is 3.30. The van der Waals surface area contributed by atoms with Gasteiger partial charge in [0.2, 0.25) is 15.9 Å². The van der Waals surface area contributed by atoms with Crippen LogP contribution in [0.25, 0.3) is 10.6 Å². The highest BCUT2D eigenvalue weighted by atomic mass is 32.2. The van der Waals surface area contributed by atoms with Crippen molar-refractivity contribution in [3.05, 3.63) is 65.7 Å². The number of aromatic nitrogens is 1. The summed E-state index contributed by atoms with van der Waals surface area (Å²) in [5.74, 6) is -0.149. The molecule has 0 bridgehead atoms. The van der Waals surface area contributed by atoms with Gasteiger partial charge < -0.3 is 5.32 Å². The molecule has 1 N–H and O–H groups in total. The van der Waals surface area contributed by atoms with E-state index in [1.807, 2.05) is 29.6 Å². The smallest absolute Gasteiger partial charge is 0.243 e. The molecule has 6 nitrogen and oxygen atoms in total. The van der Waals surface area contributed by atoms with E-state index in [1.165, 1.54) is 0 Å². The zero-order chi connectivity index (χ0) is 21.0. The highest BCUT2D eigenvalue weighted by Gasteiger charge is 2.25. The number of piperidine rings is 1. The molecular weight excluding hydrogens is 418 g/mol. The fourth-order valence-electron chi connectivity index (χ4n) is 3.49. The van der Waals surface area contributed by atoms with Crippen molar-refractivity contribution in [3.8, 4) is 10.6 Å². The Balaban J connectivity index is 1.36. The molecule has 0 radical (unpaired) electrons. The monoisotopic (exact) mass is 441 g/mol. The van der Waals surface area contributed by atoms with Gasteiger partial charge in [-0.3, -0.25) is 4.79 Å². The second-order valence-corrected chi connectivity index (χ2v) is 10.1. The molecule has 1 fully saturated rings. The molecule has 1 amide bonds. The quantitative estimate of drug-likeness (QED) is 0.623. The van der Waals surface area contributed by atoms with Crippen molar-refractivity contribution >= 4 is 33.0 Å². The van der Waals surface area contributed by atoms with E-state index in [4.69, 9.17) is 0 Å². The van der Waals surface area contributed by atoms with Gasteiger partial charge in [0.05, 0.1) is 11.3 Å². The third-order valence-electron chi connectivity index (χ3n) is 5.09. The van der Waals surface area contributed by atoms with Crippen molar-refractivity contribution in [1.29, 1.82) is 0 Å². The molecule has 156 valence electrons. The Morgan fingerprint density at radius 3 is 2.33 bits per heavy atom. The lowest BCUT2D eigenvalue weighted by Gasteiger charge is -2.25. The highest BCUT2D eigenvalue weighted by molar-refractivity contribution is 7.89. The number of benzene rings is 2. The maximum atomic E-state index is 12.7. The van der Waals surface area contributed by atoms with Crippen LogP contribution in [0.3, 0.4) is 0 Å². The highest BCUT2D eigenvalue weighted by Crippen LogP contribution is 2.24. The van der Waals surface area contributed by atoms with Crippen LogP contribution in [0, 0.1) is 0 Å². The van der Waals surface area contributed by atoms with Gasteiger partial charge in [0.1, 0.15) is 5.01 Å². The number of thiazole rings is 1. The maximum Gasteiger partial charge on any atom is 0.243 e. The van der Waals surface area contributed by atoms with Gasteiger partial charge in [-0.15, -0.1) is 11.3 Å². The first-order chi connectivity index (χ1) is 14.5. The molecule has 3 aromatic rings. The van der Waals surface area contributed by atoms with Crippen molar-refractivity contribution in [1.82, 2.24) is 9.29 Å². The van der Waals surface area contributed by atoms with Crippen LogP contribution in [0.1, 0.15) is 24.8 Å². The summed E-state index contributed by atoms with van der Waals surface area (Å²) in [4.78, 5) is 16.9. The maximum absolute atomic E-state index is 12.7. The Kier molecular flexibility index (Phi) is 6.26. The lowest BCUT2D eigenvalue weighted by molar-refractivity contribution is -0.115. The number of carbonyl (C=O) groups is 1. The summed E-state index contributed by atoms with van der Waals surface area (Å²) in [6.45, 7) is 1.15. The molecule has 30 heavy (non-hydrogen) atoms. The molecule has 2 aromatic carbocycles. The first kappa shape index (κ1) is 20.7. The number of sulfonamides is 1. The predicted molar refractivity (Wildman–Crippen MR) is 119 cm³/mol. The van der Waals surface area contributed by atoms with Crippen LogP contribution < -0.4 is 5.32 Å². The van der Waals surface area contributed by atoms with Gasteiger partial charge in [0.15, 0.2) is 0 Å². The summed E-state index contributed by atoms with van der Waals surface area (Å²) in [5, 5.41) is 5.74. The molecule has 1 aliphatic heterocycles. The normalized spacial score (nSPS) is 15.1. The van der Waals surface area contributed by atoms with E-state index in [9.17, 15) is 13.2 Å². The van der Waals surface area contributed by atoms with Crippen LogP contribution in [-0.4, -0.2) is 36.7 Å². The van der Waals surface area contributed by atoms with E-state index in [0.717, 1.165) is 35.4 Å². The molecule has 1 saturated heterocycles. The van der Waals surface area contributed by atoms with Crippen molar-refractivity contribution < 1.29 is 13.2 Å². The summed E-state index contributed by atoms with van der Waals surface area (Å²) in [5.41, 5.74) is 2.49. The Hall–Kier alpha value is -2.55. The van der Waals surface area contributed by atoms with Crippen LogP contribution in [-0.2, 0) is 21.2 Å². The molecule has 0 atom stereocenters. The number of hydrogen-bond acceptors (Lipinski definition) is 5. The van der Waals surface area contributed by atoms with Crippen LogP contribution >= 0.6 is 11.3 Å². The number of nitrogens with zero attached hydrogens (tertiary/aromatic N) is 2. The number of hydrogen-bond donors (Lipinski definition) is 1. The molecule has 0 saturated carbocycles. The zero-order valence-electron chi connectivity index (χ0n) is 16.5. The van der Waals surface area contributed by atoms with Gasteiger partial charge in [-0.05, 0) is 54.8 Å². The minimum atomic E-state index is -3.45. The average molecular weight is 442 g/mol. The van der Waals surface area contributed by atoms with E-state index < -0.39 is 10.0 Å². The SMILES string of the molecule is O=C(Cc1ccc(S(=O)(=O)N2CCCCC2)cc1)Nc1ccc(-c2nccs2)cc1. The summed E-state index contributed by atoms with van der Waals surface area (Å²) < 4.78 is 27.0. The van der Waals surface area contributed by atoms with Crippen molar-refractivity contribution in [3.63, 3.8) is 0 Å².